The van der Waals surface area contributed by atoms with Gasteiger partial charge in [-0.1, -0.05) is 19.4 Å². The van der Waals surface area contributed by atoms with Crippen LogP contribution in [0.25, 0.3) is 5.65 Å². The lowest BCUT2D eigenvalue weighted by atomic mass is 10.1. The molecule has 0 aromatic carbocycles. The van der Waals surface area contributed by atoms with Gasteiger partial charge in [0.1, 0.15) is 5.69 Å². The lowest BCUT2D eigenvalue weighted by Crippen LogP contribution is -2.37. The first-order valence-electron chi connectivity index (χ1n) is 6.31. The van der Waals surface area contributed by atoms with E-state index in [1.165, 1.54) is 4.52 Å². The van der Waals surface area contributed by atoms with E-state index in [4.69, 9.17) is 5.11 Å². The Morgan fingerprint density at radius 2 is 2.25 bits per heavy atom. The van der Waals surface area contributed by atoms with E-state index in [0.717, 1.165) is 6.42 Å². The van der Waals surface area contributed by atoms with Crippen LogP contribution in [0.3, 0.4) is 0 Å². The lowest BCUT2D eigenvalue weighted by molar-refractivity contribution is -0.137. The fourth-order valence-corrected chi connectivity index (χ4v) is 1.98. The predicted octanol–water partition coefficient (Wildman–Crippen LogP) is 0.497. The number of rotatable bonds is 6. The Morgan fingerprint density at radius 3 is 2.95 bits per heavy atom. The summed E-state index contributed by atoms with van der Waals surface area (Å²) in [6, 6.07) is 4.53. The van der Waals surface area contributed by atoms with Crippen molar-refractivity contribution in [2.45, 2.75) is 32.2 Å². The van der Waals surface area contributed by atoms with E-state index in [2.05, 4.69) is 20.8 Å². The van der Waals surface area contributed by atoms with Gasteiger partial charge < -0.3 is 10.4 Å². The van der Waals surface area contributed by atoms with Crippen LogP contribution >= 0.6 is 0 Å². The van der Waals surface area contributed by atoms with Gasteiger partial charge in [-0.05, 0) is 29.0 Å². The smallest absolute Gasteiger partial charge is 0.305 e. The highest BCUT2D eigenvalue weighted by Crippen LogP contribution is 2.06. The third-order valence-corrected chi connectivity index (χ3v) is 2.85. The fraction of sp³-hybridized carbons (Fsp3) is 0.417. The maximum Gasteiger partial charge on any atom is 0.305 e. The van der Waals surface area contributed by atoms with Crippen LogP contribution in [0.15, 0.2) is 18.2 Å². The highest BCUT2D eigenvalue weighted by Gasteiger charge is 2.18. The minimum atomic E-state index is -0.940. The molecule has 0 aliphatic heterocycles. The average molecular weight is 277 g/mol. The molecule has 0 radical (unpaired) electrons. The Morgan fingerprint density at radius 1 is 1.45 bits per heavy atom. The maximum absolute atomic E-state index is 12.2. The zero-order chi connectivity index (χ0) is 14.5. The zero-order valence-corrected chi connectivity index (χ0v) is 11.0. The van der Waals surface area contributed by atoms with Gasteiger partial charge in [-0.2, -0.15) is 4.52 Å². The van der Waals surface area contributed by atoms with Gasteiger partial charge in [-0.15, -0.1) is 5.10 Å². The normalized spacial score (nSPS) is 12.2. The van der Waals surface area contributed by atoms with Crippen LogP contribution in [0.1, 0.15) is 36.7 Å². The number of hydrogen-bond acceptors (Lipinski definition) is 5. The van der Waals surface area contributed by atoms with Crippen molar-refractivity contribution in [2.75, 3.05) is 0 Å². The molecule has 1 amide bonds. The van der Waals surface area contributed by atoms with E-state index in [-0.39, 0.29) is 18.0 Å². The molecule has 1 atom stereocenters. The number of aromatic nitrogens is 4. The molecule has 2 aromatic rings. The Kier molecular flexibility index (Phi) is 4.24. The van der Waals surface area contributed by atoms with E-state index in [1.54, 1.807) is 18.2 Å². The summed E-state index contributed by atoms with van der Waals surface area (Å²) in [4.78, 5) is 23.0. The molecule has 2 N–H and O–H groups in total. The largest absolute Gasteiger partial charge is 0.481 e. The molecule has 0 aliphatic rings. The van der Waals surface area contributed by atoms with E-state index >= 15 is 0 Å². The molecule has 0 aliphatic carbocycles. The topological polar surface area (TPSA) is 109 Å². The molecule has 20 heavy (non-hydrogen) atoms. The highest BCUT2D eigenvalue weighted by molar-refractivity contribution is 5.93. The molecule has 0 bridgehead atoms. The summed E-state index contributed by atoms with van der Waals surface area (Å²) in [5, 5.41) is 22.5. The van der Waals surface area contributed by atoms with Gasteiger partial charge in [0.15, 0.2) is 5.65 Å². The summed E-state index contributed by atoms with van der Waals surface area (Å²) < 4.78 is 1.32. The predicted molar refractivity (Wildman–Crippen MR) is 69.2 cm³/mol. The molecule has 0 spiro atoms. The number of pyridine rings is 1. The molecule has 8 heteroatoms. The molecular weight excluding hydrogens is 262 g/mol. The molecule has 0 unspecified atom stereocenters. The zero-order valence-electron chi connectivity index (χ0n) is 11.0. The Balaban J connectivity index is 2.17. The highest BCUT2D eigenvalue weighted by atomic mass is 16.4. The number of tetrazole rings is 1. The molecule has 0 saturated heterocycles. The first kappa shape index (κ1) is 13.9. The standard InChI is InChI=1S/C12H15N5O3/c1-2-4-8(7-11(18)19)13-12(20)9-5-3-6-10-14-15-16-17(9)10/h3,5-6,8H,2,4,7H2,1H3,(H,13,20)(H,18,19)/t8-/m1/s1. The third-order valence-electron chi connectivity index (χ3n) is 2.85. The number of nitrogens with one attached hydrogen (secondary N) is 1. The second-order valence-electron chi connectivity index (χ2n) is 4.42. The molecular formula is C12H15N5O3. The van der Waals surface area contributed by atoms with Crippen LogP contribution in [0.4, 0.5) is 0 Å². The molecule has 0 saturated carbocycles. The van der Waals surface area contributed by atoms with Crippen molar-refractivity contribution >= 4 is 17.5 Å². The van der Waals surface area contributed by atoms with Crippen LogP contribution in [0.5, 0.6) is 0 Å². The van der Waals surface area contributed by atoms with Gasteiger partial charge in [-0.25, -0.2) is 0 Å². The van der Waals surface area contributed by atoms with Crippen molar-refractivity contribution in [2.24, 2.45) is 0 Å². The Bertz CT molecular complexity index is 624. The van der Waals surface area contributed by atoms with Crippen molar-refractivity contribution in [3.63, 3.8) is 0 Å². The fourth-order valence-electron chi connectivity index (χ4n) is 1.98. The minimum Gasteiger partial charge on any atom is -0.481 e. The number of carboxylic acids is 1. The Hall–Kier alpha value is -2.51. The first-order chi connectivity index (χ1) is 9.61. The van der Waals surface area contributed by atoms with Gasteiger partial charge >= 0.3 is 5.97 Å². The van der Waals surface area contributed by atoms with E-state index in [9.17, 15) is 9.59 Å². The second kappa shape index (κ2) is 6.09. The van der Waals surface area contributed by atoms with Gasteiger partial charge in [0.05, 0.1) is 6.42 Å². The van der Waals surface area contributed by atoms with Crippen molar-refractivity contribution in [3.8, 4) is 0 Å². The van der Waals surface area contributed by atoms with Crippen molar-refractivity contribution in [1.82, 2.24) is 25.4 Å². The molecule has 2 rings (SSSR count). The molecule has 106 valence electrons. The van der Waals surface area contributed by atoms with Crippen molar-refractivity contribution in [1.29, 1.82) is 0 Å². The van der Waals surface area contributed by atoms with Crippen molar-refractivity contribution in [3.05, 3.63) is 23.9 Å². The van der Waals surface area contributed by atoms with Gasteiger partial charge in [0.2, 0.25) is 0 Å². The summed E-state index contributed by atoms with van der Waals surface area (Å²) in [5.74, 6) is -1.33. The first-order valence-corrected chi connectivity index (χ1v) is 6.31. The Labute approximate surface area is 114 Å². The van der Waals surface area contributed by atoms with Crippen molar-refractivity contribution < 1.29 is 14.7 Å². The van der Waals surface area contributed by atoms with E-state index in [1.807, 2.05) is 6.92 Å². The monoisotopic (exact) mass is 277 g/mol. The maximum atomic E-state index is 12.2. The van der Waals surface area contributed by atoms with Gasteiger partial charge in [-0.3, -0.25) is 9.59 Å². The minimum absolute atomic E-state index is 0.106. The number of carbonyl (C=O) groups excluding carboxylic acids is 1. The van der Waals surface area contributed by atoms with Gasteiger partial charge in [0.25, 0.3) is 5.91 Å². The van der Waals surface area contributed by atoms with Crippen LogP contribution in [-0.2, 0) is 4.79 Å². The summed E-state index contributed by atoms with van der Waals surface area (Å²) in [5.41, 5.74) is 0.738. The number of aliphatic carboxylic acids is 1. The van der Waals surface area contributed by atoms with Crippen LogP contribution in [-0.4, -0.2) is 43.1 Å². The number of amides is 1. The van der Waals surface area contributed by atoms with Gasteiger partial charge in [0, 0.05) is 6.04 Å². The van der Waals surface area contributed by atoms with E-state index < -0.39 is 12.0 Å². The number of hydrogen-bond donors (Lipinski definition) is 2. The molecule has 2 heterocycles. The molecule has 2 aromatic heterocycles. The molecule has 0 fully saturated rings. The number of nitrogens with zero attached hydrogens (tertiary/aromatic N) is 4. The van der Waals surface area contributed by atoms with Crippen LogP contribution in [0.2, 0.25) is 0 Å². The second-order valence-corrected chi connectivity index (χ2v) is 4.42. The van der Waals surface area contributed by atoms with E-state index in [0.29, 0.717) is 12.1 Å². The van der Waals surface area contributed by atoms with Crippen LogP contribution in [0, 0.1) is 0 Å². The summed E-state index contributed by atoms with van der Waals surface area (Å²) in [7, 11) is 0. The molecule has 8 nitrogen and oxygen atoms in total. The average Bonchev–Trinajstić information content (AvgIpc) is 2.85. The SMILES string of the molecule is CCC[C@H](CC(=O)O)NC(=O)c1cccc2nnnn12. The van der Waals surface area contributed by atoms with Crippen LogP contribution < -0.4 is 5.32 Å². The third kappa shape index (κ3) is 3.08. The quantitative estimate of drug-likeness (QED) is 0.795. The summed E-state index contributed by atoms with van der Waals surface area (Å²) >= 11 is 0. The number of carboxylic acid groups (broad SMARTS) is 1. The number of fused-ring (bicyclic) bond motifs is 1. The lowest BCUT2D eigenvalue weighted by Gasteiger charge is -2.16. The summed E-state index contributed by atoms with van der Waals surface area (Å²) in [6.45, 7) is 1.93. The summed E-state index contributed by atoms with van der Waals surface area (Å²) in [6.07, 6.45) is 1.28. The number of carbonyl (C=O) groups is 2.